The molecule has 6 nitrogen and oxygen atoms in total. The number of alkyl halides is 3. The summed E-state index contributed by atoms with van der Waals surface area (Å²) in [6.45, 7) is 3.50. The number of allylic oxidation sites excluding steroid dienone is 1. The lowest BCUT2D eigenvalue weighted by atomic mass is 9.92. The smallest absolute Gasteiger partial charge is 0.416 e. The molecule has 1 amide bonds. The highest BCUT2D eigenvalue weighted by molar-refractivity contribution is 5.92. The van der Waals surface area contributed by atoms with Gasteiger partial charge in [-0.1, -0.05) is 66.7 Å². The second kappa shape index (κ2) is 12.9. The third kappa shape index (κ3) is 7.55. The molecule has 0 unspecified atom stereocenters. The van der Waals surface area contributed by atoms with E-state index in [1.165, 1.54) is 17.7 Å². The molecule has 1 saturated heterocycles. The fourth-order valence-corrected chi connectivity index (χ4v) is 5.10. The zero-order valence-electron chi connectivity index (χ0n) is 22.6. The number of benzene rings is 3. The molecule has 3 aromatic rings. The SMILES string of the molecule is O=C(C1=C[C@H](c2ccc(C(F)(F)F)cc2)C[C@H](OCc2ccc(CO)cc2)O1)N1CCN(Cc2ccccc2)CC1. The molecule has 2 atom stereocenters. The topological polar surface area (TPSA) is 62.2 Å². The van der Waals surface area contributed by atoms with Crippen LogP contribution in [0.2, 0.25) is 0 Å². The maximum absolute atomic E-state index is 13.6. The molecule has 0 saturated carbocycles. The number of ether oxygens (including phenoxy) is 2. The number of piperazine rings is 1. The van der Waals surface area contributed by atoms with Gasteiger partial charge in [0.2, 0.25) is 6.29 Å². The van der Waals surface area contributed by atoms with E-state index in [9.17, 15) is 23.1 Å². The van der Waals surface area contributed by atoms with E-state index >= 15 is 0 Å². The first-order chi connectivity index (χ1) is 19.8. The first kappa shape index (κ1) is 28.9. The Hall–Kier alpha value is -3.66. The second-order valence-electron chi connectivity index (χ2n) is 10.4. The average molecular weight is 567 g/mol. The number of rotatable bonds is 8. The van der Waals surface area contributed by atoms with Gasteiger partial charge >= 0.3 is 6.18 Å². The Morgan fingerprint density at radius 1 is 0.878 bits per heavy atom. The number of nitrogens with zero attached hydrogens (tertiary/aromatic N) is 2. The molecule has 2 aliphatic heterocycles. The van der Waals surface area contributed by atoms with Crippen molar-refractivity contribution in [3.63, 3.8) is 0 Å². The maximum atomic E-state index is 13.6. The van der Waals surface area contributed by atoms with E-state index < -0.39 is 18.0 Å². The van der Waals surface area contributed by atoms with E-state index in [1.807, 2.05) is 30.3 Å². The van der Waals surface area contributed by atoms with Crippen LogP contribution in [0, 0.1) is 0 Å². The molecule has 0 aliphatic carbocycles. The molecule has 2 heterocycles. The van der Waals surface area contributed by atoms with Crippen LogP contribution in [0.3, 0.4) is 0 Å². The van der Waals surface area contributed by atoms with Crippen LogP contribution in [-0.4, -0.2) is 53.3 Å². The van der Waals surface area contributed by atoms with Gasteiger partial charge in [0.25, 0.3) is 5.91 Å². The largest absolute Gasteiger partial charge is 0.459 e. The van der Waals surface area contributed by atoms with Crippen molar-refractivity contribution in [3.8, 4) is 0 Å². The van der Waals surface area contributed by atoms with Crippen LogP contribution in [0.15, 0.2) is 90.7 Å². The molecule has 5 rings (SSSR count). The molecule has 216 valence electrons. The second-order valence-corrected chi connectivity index (χ2v) is 10.4. The summed E-state index contributed by atoms with van der Waals surface area (Å²) >= 11 is 0. The Labute approximate surface area is 237 Å². The Kier molecular flexibility index (Phi) is 9.07. The van der Waals surface area contributed by atoms with Crippen molar-refractivity contribution < 1.29 is 32.5 Å². The van der Waals surface area contributed by atoms with Gasteiger partial charge in [0.1, 0.15) is 0 Å². The molecule has 2 aliphatic rings. The van der Waals surface area contributed by atoms with Crippen LogP contribution in [-0.2, 0) is 40.2 Å². The summed E-state index contributed by atoms with van der Waals surface area (Å²) in [5, 5.41) is 9.27. The van der Waals surface area contributed by atoms with Crippen molar-refractivity contribution in [2.45, 2.75) is 44.6 Å². The van der Waals surface area contributed by atoms with Gasteiger partial charge < -0.3 is 19.5 Å². The summed E-state index contributed by atoms with van der Waals surface area (Å²) in [7, 11) is 0. The third-order valence-electron chi connectivity index (χ3n) is 7.48. The zero-order chi connectivity index (χ0) is 28.8. The van der Waals surface area contributed by atoms with Crippen molar-refractivity contribution in [1.29, 1.82) is 0 Å². The minimum atomic E-state index is -4.43. The highest BCUT2D eigenvalue weighted by atomic mass is 19.4. The van der Waals surface area contributed by atoms with E-state index in [4.69, 9.17) is 9.47 Å². The lowest BCUT2D eigenvalue weighted by molar-refractivity contribution is -0.157. The van der Waals surface area contributed by atoms with Crippen LogP contribution in [0.4, 0.5) is 13.2 Å². The number of amides is 1. The van der Waals surface area contributed by atoms with Crippen molar-refractivity contribution in [2.75, 3.05) is 26.2 Å². The minimum absolute atomic E-state index is 0.0571. The van der Waals surface area contributed by atoms with Gasteiger partial charge in [0.15, 0.2) is 5.76 Å². The number of aliphatic hydroxyl groups is 1. The monoisotopic (exact) mass is 566 g/mol. The lowest BCUT2D eigenvalue weighted by Gasteiger charge is -2.36. The summed E-state index contributed by atoms with van der Waals surface area (Å²) in [4.78, 5) is 17.6. The van der Waals surface area contributed by atoms with Gasteiger partial charge in [-0.3, -0.25) is 9.69 Å². The standard InChI is InChI=1S/C32H33F3N2O4/c33-32(34,35)28-12-10-26(11-13-28)27-18-29(41-30(19-27)40-22-25-8-6-24(21-38)7-9-25)31(39)37-16-14-36(15-17-37)20-23-4-2-1-3-5-23/h1-13,18,27,30,38H,14-17,19-22H2/t27-,30+/m0/s1. The van der Waals surface area contributed by atoms with Crippen molar-refractivity contribution in [1.82, 2.24) is 9.80 Å². The number of halogens is 3. The van der Waals surface area contributed by atoms with Gasteiger partial charge in [0.05, 0.1) is 18.8 Å². The summed E-state index contributed by atoms with van der Waals surface area (Å²) in [5.74, 6) is -0.453. The normalized spacial score (nSPS) is 19.9. The molecular formula is C32H33F3N2O4. The fraction of sp³-hybridized carbons (Fsp3) is 0.344. The van der Waals surface area contributed by atoms with Gasteiger partial charge in [-0.25, -0.2) is 0 Å². The minimum Gasteiger partial charge on any atom is -0.459 e. The first-order valence-corrected chi connectivity index (χ1v) is 13.7. The summed E-state index contributed by atoms with van der Waals surface area (Å²) in [5.41, 5.74) is 2.80. The van der Waals surface area contributed by atoms with Gasteiger partial charge in [-0.15, -0.1) is 0 Å². The van der Waals surface area contributed by atoms with Crippen molar-refractivity contribution in [3.05, 3.63) is 119 Å². The zero-order valence-corrected chi connectivity index (χ0v) is 22.6. The summed E-state index contributed by atoms with van der Waals surface area (Å²) in [6, 6.07) is 22.5. The van der Waals surface area contributed by atoms with Gasteiger partial charge in [0, 0.05) is 45.1 Å². The Balaban J connectivity index is 1.28. The van der Waals surface area contributed by atoms with Crippen LogP contribution in [0.5, 0.6) is 0 Å². The summed E-state index contributed by atoms with van der Waals surface area (Å²) < 4.78 is 51.5. The van der Waals surface area contributed by atoms with Gasteiger partial charge in [-0.2, -0.15) is 13.2 Å². The average Bonchev–Trinajstić information content (AvgIpc) is 3.00. The lowest BCUT2D eigenvalue weighted by Crippen LogP contribution is -2.49. The molecule has 0 spiro atoms. The predicted molar refractivity (Wildman–Crippen MR) is 147 cm³/mol. The molecule has 0 aromatic heterocycles. The Morgan fingerprint density at radius 2 is 1.54 bits per heavy atom. The van der Waals surface area contributed by atoms with Crippen molar-refractivity contribution >= 4 is 5.91 Å². The van der Waals surface area contributed by atoms with Crippen LogP contribution >= 0.6 is 0 Å². The Morgan fingerprint density at radius 3 is 2.17 bits per heavy atom. The third-order valence-corrected chi connectivity index (χ3v) is 7.48. The molecule has 1 N–H and O–H groups in total. The number of aliphatic hydroxyl groups excluding tert-OH is 1. The fourth-order valence-electron chi connectivity index (χ4n) is 5.10. The molecule has 0 bridgehead atoms. The van der Waals surface area contributed by atoms with E-state index in [0.717, 1.165) is 42.9 Å². The molecule has 1 fully saturated rings. The molecule has 41 heavy (non-hydrogen) atoms. The number of carbonyl (C=O) groups excluding carboxylic acids is 1. The number of hydrogen-bond donors (Lipinski definition) is 1. The molecular weight excluding hydrogens is 533 g/mol. The predicted octanol–water partition coefficient (Wildman–Crippen LogP) is 5.47. The van der Waals surface area contributed by atoms with E-state index in [-0.39, 0.29) is 30.8 Å². The maximum Gasteiger partial charge on any atom is 0.416 e. The van der Waals surface area contributed by atoms with Crippen molar-refractivity contribution in [2.24, 2.45) is 0 Å². The number of carbonyl (C=O) groups is 1. The molecule has 0 radical (unpaired) electrons. The number of hydrogen-bond acceptors (Lipinski definition) is 5. The molecule has 3 aromatic carbocycles. The summed E-state index contributed by atoms with van der Waals surface area (Å²) in [6.07, 6.45) is -3.13. The van der Waals surface area contributed by atoms with Crippen LogP contribution < -0.4 is 0 Å². The van der Waals surface area contributed by atoms with E-state index in [0.29, 0.717) is 25.1 Å². The van der Waals surface area contributed by atoms with E-state index in [2.05, 4.69) is 17.0 Å². The highest BCUT2D eigenvalue weighted by Gasteiger charge is 2.34. The van der Waals surface area contributed by atoms with E-state index in [1.54, 1.807) is 23.1 Å². The highest BCUT2D eigenvalue weighted by Crippen LogP contribution is 2.35. The van der Waals surface area contributed by atoms with Crippen LogP contribution in [0.1, 0.15) is 40.2 Å². The van der Waals surface area contributed by atoms with Gasteiger partial charge in [-0.05, 0) is 40.5 Å². The Bertz CT molecular complexity index is 1320. The molecule has 9 heteroatoms. The first-order valence-electron chi connectivity index (χ1n) is 13.7. The quantitative estimate of drug-likeness (QED) is 0.392. The van der Waals surface area contributed by atoms with Crippen LogP contribution in [0.25, 0.3) is 0 Å².